The van der Waals surface area contributed by atoms with Crippen molar-refractivity contribution in [2.24, 2.45) is 11.8 Å². The number of ether oxygens (including phenoxy) is 1. The zero-order valence-corrected chi connectivity index (χ0v) is 12.5. The number of alkyl halides is 3. The van der Waals surface area contributed by atoms with Crippen LogP contribution in [0.15, 0.2) is 18.2 Å². The Morgan fingerprint density at radius 2 is 1.76 bits per heavy atom. The maximum Gasteiger partial charge on any atom is 0.416 e. The van der Waals surface area contributed by atoms with Gasteiger partial charge in [0.05, 0.1) is 15.0 Å². The summed E-state index contributed by atoms with van der Waals surface area (Å²) in [6.45, 7) is 1.80. The van der Waals surface area contributed by atoms with Gasteiger partial charge in [0, 0.05) is 24.9 Å². The van der Waals surface area contributed by atoms with E-state index in [9.17, 15) is 13.2 Å². The fraction of sp³-hybridized carbons (Fsp3) is 0.571. The molecule has 4 atom stereocenters. The lowest BCUT2D eigenvalue weighted by Crippen LogP contribution is -2.44. The molecule has 2 aliphatic rings. The molecular weight excluding hydrogens is 302 g/mol. The standard InChI is InChI=1S/C14H17F3NO2P/c15-14(16,17)10-3-4-11(12(5-10)20-21)19-13-8-1-2-9(13)7-18-6-8/h3-5,8-9,13,18H,1-2,6-7,21H2/t8-,9+,13?. The van der Waals surface area contributed by atoms with E-state index in [4.69, 9.17) is 9.26 Å². The molecule has 2 unspecified atom stereocenters. The number of hydrogen-bond donors (Lipinski definition) is 1. The summed E-state index contributed by atoms with van der Waals surface area (Å²) < 4.78 is 49.1. The third-order valence-corrected chi connectivity index (χ3v) is 4.57. The molecule has 0 radical (unpaired) electrons. The molecule has 116 valence electrons. The summed E-state index contributed by atoms with van der Waals surface area (Å²) in [5.74, 6) is 1.32. The second-order valence-electron chi connectivity index (χ2n) is 5.62. The van der Waals surface area contributed by atoms with Crippen LogP contribution in [0.2, 0.25) is 0 Å². The Morgan fingerprint density at radius 3 is 2.33 bits per heavy atom. The number of rotatable bonds is 3. The average Bonchev–Trinajstić information content (AvgIpc) is 2.68. The quantitative estimate of drug-likeness (QED) is 0.868. The van der Waals surface area contributed by atoms with Gasteiger partial charge in [0.15, 0.2) is 11.5 Å². The lowest BCUT2D eigenvalue weighted by molar-refractivity contribution is -0.137. The van der Waals surface area contributed by atoms with Gasteiger partial charge in [0.25, 0.3) is 0 Å². The van der Waals surface area contributed by atoms with Crippen molar-refractivity contribution in [2.75, 3.05) is 13.1 Å². The summed E-state index contributed by atoms with van der Waals surface area (Å²) in [4.78, 5) is 0. The molecule has 3 rings (SSSR count). The number of nitrogens with one attached hydrogen (secondary N) is 1. The van der Waals surface area contributed by atoms with E-state index >= 15 is 0 Å². The Kier molecular flexibility index (Phi) is 4.02. The minimum Gasteiger partial charge on any atom is -0.486 e. The normalized spacial score (nSPS) is 28.5. The van der Waals surface area contributed by atoms with Gasteiger partial charge in [-0.2, -0.15) is 13.2 Å². The van der Waals surface area contributed by atoms with Crippen molar-refractivity contribution in [2.45, 2.75) is 25.1 Å². The number of benzene rings is 1. The van der Waals surface area contributed by atoms with Crippen LogP contribution >= 0.6 is 9.47 Å². The molecule has 1 aliphatic heterocycles. The van der Waals surface area contributed by atoms with E-state index in [0.717, 1.165) is 38.1 Å². The molecule has 7 heteroatoms. The lowest BCUT2D eigenvalue weighted by atomic mass is 9.96. The van der Waals surface area contributed by atoms with E-state index in [1.807, 2.05) is 9.47 Å². The highest BCUT2D eigenvalue weighted by Crippen LogP contribution is 2.41. The van der Waals surface area contributed by atoms with E-state index in [2.05, 4.69) is 5.32 Å². The maximum absolute atomic E-state index is 12.7. The van der Waals surface area contributed by atoms with E-state index in [1.165, 1.54) is 6.07 Å². The fourth-order valence-electron chi connectivity index (χ4n) is 3.25. The van der Waals surface area contributed by atoms with Gasteiger partial charge in [-0.3, -0.25) is 0 Å². The number of hydrogen-bond acceptors (Lipinski definition) is 3. The van der Waals surface area contributed by atoms with Crippen molar-refractivity contribution in [3.8, 4) is 11.5 Å². The first-order valence-electron chi connectivity index (χ1n) is 6.94. The van der Waals surface area contributed by atoms with Crippen LogP contribution in [0.25, 0.3) is 0 Å². The van der Waals surface area contributed by atoms with E-state index in [0.29, 0.717) is 17.6 Å². The molecule has 1 aromatic carbocycles. The zero-order chi connectivity index (χ0) is 15.0. The molecule has 1 aromatic rings. The molecule has 0 amide bonds. The first-order valence-corrected chi connectivity index (χ1v) is 7.41. The predicted molar refractivity (Wildman–Crippen MR) is 75.3 cm³/mol. The van der Waals surface area contributed by atoms with Gasteiger partial charge in [-0.05, 0) is 31.0 Å². The smallest absolute Gasteiger partial charge is 0.416 e. The van der Waals surface area contributed by atoms with Crippen LogP contribution in [-0.4, -0.2) is 19.2 Å². The van der Waals surface area contributed by atoms with Crippen LogP contribution < -0.4 is 14.6 Å². The summed E-state index contributed by atoms with van der Waals surface area (Å²) in [7, 11) is 1.98. The van der Waals surface area contributed by atoms with E-state index in [1.54, 1.807) is 0 Å². The molecule has 1 saturated heterocycles. The molecular formula is C14H17F3NO2P. The van der Waals surface area contributed by atoms with Crippen LogP contribution in [0, 0.1) is 11.8 Å². The molecule has 0 spiro atoms. The Labute approximate surface area is 123 Å². The topological polar surface area (TPSA) is 30.5 Å². The highest BCUT2D eigenvalue weighted by atomic mass is 31.0. The Morgan fingerprint density at radius 1 is 1.10 bits per heavy atom. The van der Waals surface area contributed by atoms with Crippen molar-refractivity contribution >= 4 is 9.47 Å². The minimum absolute atomic E-state index is 0.0573. The van der Waals surface area contributed by atoms with Gasteiger partial charge in [-0.15, -0.1) is 0 Å². The van der Waals surface area contributed by atoms with Gasteiger partial charge < -0.3 is 14.6 Å². The van der Waals surface area contributed by atoms with Crippen LogP contribution in [0.1, 0.15) is 18.4 Å². The second kappa shape index (κ2) is 5.65. The summed E-state index contributed by atoms with van der Waals surface area (Å²) in [5.41, 5.74) is -0.736. The Hall–Kier alpha value is -1.00. The highest BCUT2D eigenvalue weighted by Gasteiger charge is 2.41. The molecule has 0 aromatic heterocycles. The molecule has 1 saturated carbocycles. The zero-order valence-electron chi connectivity index (χ0n) is 11.3. The van der Waals surface area contributed by atoms with Crippen LogP contribution in [0.5, 0.6) is 11.5 Å². The van der Waals surface area contributed by atoms with Crippen molar-refractivity contribution in [3.63, 3.8) is 0 Å². The van der Waals surface area contributed by atoms with Gasteiger partial charge >= 0.3 is 6.18 Å². The number of piperidine rings is 1. The molecule has 1 N–H and O–H groups in total. The first-order chi connectivity index (χ1) is 9.99. The van der Waals surface area contributed by atoms with Crippen LogP contribution in [-0.2, 0) is 6.18 Å². The van der Waals surface area contributed by atoms with Crippen molar-refractivity contribution in [1.82, 2.24) is 5.32 Å². The summed E-state index contributed by atoms with van der Waals surface area (Å²) in [5, 5.41) is 3.36. The molecule has 2 bridgehead atoms. The minimum atomic E-state index is -4.38. The van der Waals surface area contributed by atoms with Gasteiger partial charge in [-0.25, -0.2) is 0 Å². The molecule has 3 nitrogen and oxygen atoms in total. The maximum atomic E-state index is 12.7. The van der Waals surface area contributed by atoms with E-state index < -0.39 is 11.7 Å². The van der Waals surface area contributed by atoms with Crippen molar-refractivity contribution < 1.29 is 22.4 Å². The Bertz CT molecular complexity index is 507. The average molecular weight is 319 g/mol. The molecule has 1 aliphatic carbocycles. The van der Waals surface area contributed by atoms with Crippen molar-refractivity contribution in [1.29, 1.82) is 0 Å². The number of fused-ring (bicyclic) bond motifs is 2. The SMILES string of the molecule is FC(F)(F)c1ccc(OC2[C@@H]3CC[C@H]2CNC3)c(OP)c1. The molecule has 1 heterocycles. The summed E-state index contributed by atoms with van der Waals surface area (Å²) in [6, 6.07) is 3.36. The Balaban J connectivity index is 1.82. The predicted octanol–water partition coefficient (Wildman–Crippen LogP) is 3.25. The van der Waals surface area contributed by atoms with Crippen molar-refractivity contribution in [3.05, 3.63) is 23.8 Å². The van der Waals surface area contributed by atoms with Gasteiger partial charge in [-0.1, -0.05) is 0 Å². The van der Waals surface area contributed by atoms with Crippen LogP contribution in [0.3, 0.4) is 0 Å². The van der Waals surface area contributed by atoms with Crippen LogP contribution in [0.4, 0.5) is 13.2 Å². The summed E-state index contributed by atoms with van der Waals surface area (Å²) >= 11 is 0. The number of halogens is 3. The van der Waals surface area contributed by atoms with E-state index in [-0.39, 0.29) is 11.9 Å². The highest BCUT2D eigenvalue weighted by molar-refractivity contribution is 7.10. The monoisotopic (exact) mass is 319 g/mol. The third kappa shape index (κ3) is 2.97. The van der Waals surface area contributed by atoms with Gasteiger partial charge in [0.2, 0.25) is 0 Å². The fourth-order valence-corrected chi connectivity index (χ4v) is 3.43. The second-order valence-corrected chi connectivity index (χ2v) is 5.85. The first kappa shape index (κ1) is 14.9. The summed E-state index contributed by atoms with van der Waals surface area (Å²) in [6.07, 6.45) is -2.13. The molecule has 21 heavy (non-hydrogen) atoms. The third-order valence-electron chi connectivity index (χ3n) is 4.31. The molecule has 2 fully saturated rings. The lowest BCUT2D eigenvalue weighted by Gasteiger charge is -2.31. The van der Waals surface area contributed by atoms with Gasteiger partial charge in [0.1, 0.15) is 6.10 Å². The largest absolute Gasteiger partial charge is 0.486 e.